The van der Waals surface area contributed by atoms with Gasteiger partial charge in [0, 0.05) is 55.7 Å². The summed E-state index contributed by atoms with van der Waals surface area (Å²) in [6.07, 6.45) is 2.07. The van der Waals surface area contributed by atoms with Crippen molar-refractivity contribution in [3.63, 3.8) is 0 Å². The van der Waals surface area contributed by atoms with Crippen molar-refractivity contribution in [2.24, 2.45) is 16.7 Å². The molecule has 0 saturated carbocycles. The Balaban J connectivity index is 1.40. The fourth-order valence-electron chi connectivity index (χ4n) is 7.77. The number of hydrogen-bond acceptors (Lipinski definition) is 7. The molecule has 314 valence electrons. The first kappa shape index (κ1) is 44.3. The summed E-state index contributed by atoms with van der Waals surface area (Å²) in [5, 5.41) is 33.0. The van der Waals surface area contributed by atoms with E-state index in [1.54, 1.807) is 17.3 Å². The molecule has 4 aromatic rings. The lowest BCUT2D eigenvalue weighted by Gasteiger charge is -2.39. The van der Waals surface area contributed by atoms with Gasteiger partial charge in [0.05, 0.1) is 29.8 Å². The van der Waals surface area contributed by atoms with Crippen LogP contribution in [0.15, 0.2) is 97.3 Å². The summed E-state index contributed by atoms with van der Waals surface area (Å²) in [5.74, 6) is -1.23. The van der Waals surface area contributed by atoms with Crippen LogP contribution in [0.5, 0.6) is 0 Å². The largest absolute Gasteiger partial charge is 0.465 e. The fourth-order valence-corrected chi connectivity index (χ4v) is 7.77. The molecule has 5 unspecified atom stereocenters. The zero-order valence-corrected chi connectivity index (χ0v) is 34.9. The molecule has 13 heteroatoms. The van der Waals surface area contributed by atoms with Crippen LogP contribution in [-0.4, -0.2) is 86.3 Å². The van der Waals surface area contributed by atoms with Gasteiger partial charge in [0.15, 0.2) is 0 Å². The summed E-state index contributed by atoms with van der Waals surface area (Å²) in [6.45, 7) is 12.1. The lowest BCUT2D eigenvalue weighted by atomic mass is 9.75. The molecular weight excluding hydrogens is 747 g/mol. The number of rotatable bonds is 18. The summed E-state index contributed by atoms with van der Waals surface area (Å²) in [5.41, 5.74) is 4.07. The van der Waals surface area contributed by atoms with E-state index in [2.05, 4.69) is 31.2 Å². The summed E-state index contributed by atoms with van der Waals surface area (Å²) in [4.78, 5) is 63.3. The third kappa shape index (κ3) is 13.1. The molecule has 0 radical (unpaired) electrons. The van der Waals surface area contributed by atoms with E-state index >= 15 is 0 Å². The average molecular weight is 806 g/mol. The maximum atomic E-state index is 14.7. The third-order valence-electron chi connectivity index (χ3n) is 10.8. The SMILES string of the molecule is Cc1ccc(CN2C(=O)NCC2C(C(=O)NC(Cc2ccccc2)C(O)CC(Cc2ccc(-c3ccccn3)cc2)NC(=O)CC(C)(C)CNC(=O)O)C(C)(C)C)cn1. The molecule has 0 aliphatic carbocycles. The molecule has 1 aliphatic rings. The van der Waals surface area contributed by atoms with Crippen LogP contribution < -0.4 is 21.3 Å². The first-order chi connectivity index (χ1) is 28.0. The van der Waals surface area contributed by atoms with Gasteiger partial charge in [-0.1, -0.05) is 101 Å². The highest BCUT2D eigenvalue weighted by atomic mass is 16.4. The van der Waals surface area contributed by atoms with E-state index in [1.165, 1.54) is 0 Å². The minimum atomic E-state index is -1.17. The molecule has 1 fully saturated rings. The number of nitrogens with one attached hydrogen (secondary N) is 4. The van der Waals surface area contributed by atoms with Crippen LogP contribution in [0.4, 0.5) is 9.59 Å². The molecule has 5 atom stereocenters. The average Bonchev–Trinajstić information content (AvgIpc) is 3.52. The van der Waals surface area contributed by atoms with Crippen LogP contribution in [0.3, 0.4) is 0 Å². The van der Waals surface area contributed by atoms with Gasteiger partial charge in [0.2, 0.25) is 11.8 Å². The van der Waals surface area contributed by atoms with Gasteiger partial charge in [-0.15, -0.1) is 0 Å². The molecule has 6 N–H and O–H groups in total. The predicted octanol–water partition coefficient (Wildman–Crippen LogP) is 5.90. The lowest BCUT2D eigenvalue weighted by molar-refractivity contribution is -0.132. The number of carboxylic acid groups (broad SMARTS) is 1. The summed E-state index contributed by atoms with van der Waals surface area (Å²) in [7, 11) is 0. The summed E-state index contributed by atoms with van der Waals surface area (Å²) < 4.78 is 0. The van der Waals surface area contributed by atoms with Crippen LogP contribution in [0.1, 0.15) is 69.8 Å². The maximum absolute atomic E-state index is 14.7. The lowest BCUT2D eigenvalue weighted by Crippen LogP contribution is -2.56. The Morgan fingerprint density at radius 1 is 0.864 bits per heavy atom. The molecule has 2 aromatic carbocycles. The van der Waals surface area contributed by atoms with Crippen LogP contribution in [0.2, 0.25) is 0 Å². The van der Waals surface area contributed by atoms with Gasteiger partial charge in [-0.3, -0.25) is 19.6 Å². The molecular formula is C46H59N7O6. The number of hydrogen-bond donors (Lipinski definition) is 6. The predicted molar refractivity (Wildman–Crippen MR) is 227 cm³/mol. The molecule has 59 heavy (non-hydrogen) atoms. The Morgan fingerprint density at radius 3 is 2.17 bits per heavy atom. The Kier molecular flexibility index (Phi) is 14.8. The number of amides is 5. The minimum Gasteiger partial charge on any atom is -0.465 e. The topological polar surface area (TPSA) is 186 Å². The molecule has 2 aromatic heterocycles. The van der Waals surface area contributed by atoms with Gasteiger partial charge in [0.25, 0.3) is 0 Å². The number of benzene rings is 2. The fraction of sp³-hybridized carbons (Fsp3) is 0.435. The molecule has 0 spiro atoms. The van der Waals surface area contributed by atoms with Crippen LogP contribution in [0.25, 0.3) is 11.3 Å². The molecule has 5 rings (SSSR count). The number of aryl methyl sites for hydroxylation is 1. The first-order valence-electron chi connectivity index (χ1n) is 20.2. The second kappa shape index (κ2) is 19.8. The van der Waals surface area contributed by atoms with Gasteiger partial charge < -0.3 is 36.4 Å². The van der Waals surface area contributed by atoms with E-state index in [9.17, 15) is 24.3 Å². The number of urea groups is 1. The molecule has 3 heterocycles. The number of pyridine rings is 2. The smallest absolute Gasteiger partial charge is 0.404 e. The van der Waals surface area contributed by atoms with Crippen molar-refractivity contribution < 1.29 is 29.4 Å². The Morgan fingerprint density at radius 2 is 1.54 bits per heavy atom. The van der Waals surface area contributed by atoms with Gasteiger partial charge >= 0.3 is 12.1 Å². The van der Waals surface area contributed by atoms with Crippen LogP contribution in [-0.2, 0) is 29.0 Å². The zero-order chi connectivity index (χ0) is 42.7. The highest BCUT2D eigenvalue weighted by Gasteiger charge is 2.46. The summed E-state index contributed by atoms with van der Waals surface area (Å²) in [6, 6.07) is 25.0. The molecule has 1 aliphatic heterocycles. The van der Waals surface area contributed by atoms with E-state index < -0.39 is 47.1 Å². The minimum absolute atomic E-state index is 0.0409. The Hall–Kier alpha value is -5.82. The molecule has 1 saturated heterocycles. The van der Waals surface area contributed by atoms with E-state index in [4.69, 9.17) is 5.11 Å². The van der Waals surface area contributed by atoms with Gasteiger partial charge in [-0.25, -0.2) is 9.59 Å². The second-order valence-corrected chi connectivity index (χ2v) is 17.5. The number of aliphatic hydroxyl groups is 1. The molecule has 0 bridgehead atoms. The van der Waals surface area contributed by atoms with Crippen molar-refractivity contribution in [1.82, 2.24) is 36.1 Å². The van der Waals surface area contributed by atoms with Crippen molar-refractivity contribution in [3.05, 3.63) is 120 Å². The van der Waals surface area contributed by atoms with Gasteiger partial charge in [-0.2, -0.15) is 0 Å². The van der Waals surface area contributed by atoms with Crippen LogP contribution in [0, 0.1) is 23.7 Å². The number of carbonyl (C=O) groups excluding carboxylic acids is 3. The van der Waals surface area contributed by atoms with E-state index in [1.807, 2.05) is 126 Å². The van der Waals surface area contributed by atoms with Crippen LogP contribution >= 0.6 is 0 Å². The van der Waals surface area contributed by atoms with Crippen molar-refractivity contribution in [1.29, 1.82) is 0 Å². The number of aromatic nitrogens is 2. The Labute approximate surface area is 347 Å². The highest BCUT2D eigenvalue weighted by Crippen LogP contribution is 2.34. The number of carbonyl (C=O) groups is 4. The first-order valence-corrected chi connectivity index (χ1v) is 20.2. The summed E-state index contributed by atoms with van der Waals surface area (Å²) >= 11 is 0. The number of aliphatic hydroxyl groups excluding tert-OH is 1. The van der Waals surface area contributed by atoms with Crippen molar-refractivity contribution >= 4 is 23.9 Å². The quantitative estimate of drug-likeness (QED) is 0.0718. The zero-order valence-electron chi connectivity index (χ0n) is 34.9. The van der Waals surface area contributed by atoms with E-state index in [0.29, 0.717) is 12.8 Å². The molecule has 5 amide bonds. The van der Waals surface area contributed by atoms with E-state index in [-0.39, 0.29) is 50.3 Å². The number of nitrogens with zero attached hydrogens (tertiary/aromatic N) is 3. The molecule has 13 nitrogen and oxygen atoms in total. The normalized spacial score (nSPS) is 16.4. The second-order valence-electron chi connectivity index (χ2n) is 17.5. The Bertz CT molecular complexity index is 2000. The van der Waals surface area contributed by atoms with Crippen molar-refractivity contribution in [2.45, 2.75) is 98.0 Å². The van der Waals surface area contributed by atoms with Crippen molar-refractivity contribution in [3.8, 4) is 11.3 Å². The van der Waals surface area contributed by atoms with Gasteiger partial charge in [-0.05, 0) is 71.9 Å². The maximum Gasteiger partial charge on any atom is 0.404 e. The van der Waals surface area contributed by atoms with E-state index in [0.717, 1.165) is 33.6 Å². The monoisotopic (exact) mass is 805 g/mol. The standard InChI is InChI=1S/C46H59N7O6/c1-30-15-16-33(26-48-30)28-53-38(27-49-43(53)57)41(45(2,3)4)42(56)52-37(23-31-12-8-7-9-13-31)39(54)24-35(51-40(55)25-46(5,6)29-50-44(58)59)22-32-17-19-34(20-18-32)36-14-10-11-21-47-36/h7-21,26,35,37-39,41,50,54H,22-25,27-29H2,1-6H3,(H,49,57)(H,51,55)(H,52,56)(H,58,59). The van der Waals surface area contributed by atoms with Crippen molar-refractivity contribution in [2.75, 3.05) is 13.1 Å². The van der Waals surface area contributed by atoms with Gasteiger partial charge in [0.1, 0.15) is 0 Å². The highest BCUT2D eigenvalue weighted by molar-refractivity contribution is 5.84. The third-order valence-corrected chi connectivity index (χ3v) is 10.8.